The number of carbonyl (C=O) groups excluding carboxylic acids is 1. The molecule has 7 nitrogen and oxygen atoms in total. The minimum atomic E-state index is -3.82. The average molecular weight is 420 g/mol. The molecule has 3 rings (SSSR count). The van der Waals surface area contributed by atoms with Crippen LogP contribution in [0, 0.1) is 6.92 Å². The molecule has 9 heteroatoms. The molecular weight excluding hydrogens is 398 g/mol. The number of anilines is 1. The Morgan fingerprint density at radius 1 is 1.18 bits per heavy atom. The molecule has 2 N–H and O–H groups in total. The van der Waals surface area contributed by atoms with Gasteiger partial charge in [-0.25, -0.2) is 18.1 Å². The Morgan fingerprint density at radius 2 is 1.93 bits per heavy atom. The topological polar surface area (TPSA) is 97.4 Å². The molecule has 0 aliphatic rings. The summed E-state index contributed by atoms with van der Waals surface area (Å²) in [6.07, 6.45) is 0. The van der Waals surface area contributed by atoms with Crippen molar-refractivity contribution in [3.8, 4) is 5.75 Å². The molecule has 2 aromatic carbocycles. The number of carbonyl (C=O) groups is 1. The van der Waals surface area contributed by atoms with Crippen molar-refractivity contribution in [2.75, 3.05) is 12.4 Å². The fourth-order valence-corrected chi connectivity index (χ4v) is 5.06. The number of thiazole rings is 1. The summed E-state index contributed by atoms with van der Waals surface area (Å²) in [5, 5.41) is 3.19. The number of rotatable bonds is 6. The summed E-state index contributed by atoms with van der Waals surface area (Å²) in [5.41, 5.74) is 2.10. The minimum absolute atomic E-state index is 0.0868. The third kappa shape index (κ3) is 4.32. The highest BCUT2D eigenvalue weighted by Gasteiger charge is 2.23. The minimum Gasteiger partial charge on any atom is -0.495 e. The number of methoxy groups -OCH3 is 1. The van der Waals surface area contributed by atoms with E-state index in [0.29, 0.717) is 5.13 Å². The van der Waals surface area contributed by atoms with Crippen LogP contribution in [0.15, 0.2) is 41.3 Å². The van der Waals surface area contributed by atoms with Crippen molar-refractivity contribution in [2.45, 2.75) is 31.7 Å². The standard InChI is InChI=1S/C19H21N3O4S2/c1-11(2)22-28(24,25)17-10-13(6-8-15(17)26-4)18(23)21-19-20-14-7-5-12(3)9-16(14)27-19/h5-11,22H,1-4H3,(H,20,21,23). The number of amides is 1. The maximum absolute atomic E-state index is 12.7. The molecule has 3 aromatic rings. The average Bonchev–Trinajstić information content (AvgIpc) is 3.01. The van der Waals surface area contributed by atoms with Crippen molar-refractivity contribution in [3.05, 3.63) is 47.5 Å². The molecule has 148 valence electrons. The van der Waals surface area contributed by atoms with Gasteiger partial charge in [-0.1, -0.05) is 17.4 Å². The lowest BCUT2D eigenvalue weighted by Crippen LogP contribution is -2.30. The monoisotopic (exact) mass is 419 g/mol. The summed E-state index contributed by atoms with van der Waals surface area (Å²) in [6.45, 7) is 5.42. The van der Waals surface area contributed by atoms with E-state index in [1.165, 1.54) is 36.6 Å². The van der Waals surface area contributed by atoms with Gasteiger partial charge in [0.05, 0.1) is 17.3 Å². The number of aromatic nitrogens is 1. The summed E-state index contributed by atoms with van der Waals surface area (Å²) in [4.78, 5) is 17.0. The summed E-state index contributed by atoms with van der Waals surface area (Å²) in [7, 11) is -2.44. The lowest BCUT2D eigenvalue weighted by molar-refractivity contribution is 0.102. The highest BCUT2D eigenvalue weighted by molar-refractivity contribution is 7.89. The van der Waals surface area contributed by atoms with Crippen LogP contribution in [0.4, 0.5) is 5.13 Å². The van der Waals surface area contributed by atoms with Gasteiger partial charge in [0.15, 0.2) is 5.13 Å². The van der Waals surface area contributed by atoms with Crippen LogP contribution in [0.2, 0.25) is 0 Å². The number of fused-ring (bicyclic) bond motifs is 1. The van der Waals surface area contributed by atoms with Gasteiger partial charge in [-0.3, -0.25) is 10.1 Å². The van der Waals surface area contributed by atoms with Gasteiger partial charge in [-0.05, 0) is 56.7 Å². The normalized spacial score (nSPS) is 11.8. The second kappa shape index (κ2) is 7.86. The van der Waals surface area contributed by atoms with E-state index < -0.39 is 15.9 Å². The maximum atomic E-state index is 12.7. The summed E-state index contributed by atoms with van der Waals surface area (Å²) >= 11 is 1.36. The number of aryl methyl sites for hydroxylation is 1. The Hall–Kier alpha value is -2.49. The molecule has 0 aliphatic heterocycles. The molecule has 0 atom stereocenters. The Labute approximate surface area is 167 Å². The Kier molecular flexibility index (Phi) is 5.69. The molecule has 1 amide bonds. The van der Waals surface area contributed by atoms with Gasteiger partial charge < -0.3 is 4.74 Å². The first-order chi connectivity index (χ1) is 13.2. The number of nitrogens with zero attached hydrogens (tertiary/aromatic N) is 1. The smallest absolute Gasteiger partial charge is 0.257 e. The van der Waals surface area contributed by atoms with Crippen molar-refractivity contribution in [3.63, 3.8) is 0 Å². The molecule has 0 saturated heterocycles. The number of ether oxygens (including phenoxy) is 1. The van der Waals surface area contributed by atoms with E-state index in [1.807, 2.05) is 25.1 Å². The van der Waals surface area contributed by atoms with Gasteiger partial charge in [0.25, 0.3) is 5.91 Å². The molecule has 1 aromatic heterocycles. The van der Waals surface area contributed by atoms with Crippen molar-refractivity contribution < 1.29 is 17.9 Å². The van der Waals surface area contributed by atoms with Crippen LogP contribution in [-0.4, -0.2) is 32.5 Å². The van der Waals surface area contributed by atoms with Gasteiger partial charge in [0.1, 0.15) is 10.6 Å². The zero-order chi connectivity index (χ0) is 20.5. The summed E-state index contributed by atoms with van der Waals surface area (Å²) < 4.78 is 33.8. The molecular formula is C19H21N3O4S2. The van der Waals surface area contributed by atoms with Crippen LogP contribution < -0.4 is 14.8 Å². The maximum Gasteiger partial charge on any atom is 0.257 e. The highest BCUT2D eigenvalue weighted by atomic mass is 32.2. The first kappa shape index (κ1) is 20.2. The zero-order valence-corrected chi connectivity index (χ0v) is 17.6. The fraction of sp³-hybridized carbons (Fsp3) is 0.263. The Bertz CT molecular complexity index is 1140. The first-order valence-electron chi connectivity index (χ1n) is 8.58. The molecule has 1 heterocycles. The molecule has 0 unspecified atom stereocenters. The van der Waals surface area contributed by atoms with Crippen LogP contribution in [0.25, 0.3) is 10.2 Å². The second-order valence-corrected chi connectivity index (χ2v) is 9.30. The van der Waals surface area contributed by atoms with Gasteiger partial charge in [-0.2, -0.15) is 0 Å². The summed E-state index contributed by atoms with van der Waals surface area (Å²) in [6, 6.07) is 9.83. The molecule has 0 radical (unpaired) electrons. The van der Waals surface area contributed by atoms with E-state index in [-0.39, 0.29) is 22.3 Å². The molecule has 0 fully saturated rings. The van der Waals surface area contributed by atoms with E-state index in [9.17, 15) is 13.2 Å². The molecule has 0 spiro atoms. The van der Waals surface area contributed by atoms with Crippen LogP contribution >= 0.6 is 11.3 Å². The van der Waals surface area contributed by atoms with Crippen molar-refractivity contribution >= 4 is 42.6 Å². The summed E-state index contributed by atoms with van der Waals surface area (Å²) in [5.74, 6) is -0.278. The van der Waals surface area contributed by atoms with E-state index >= 15 is 0 Å². The number of nitrogens with one attached hydrogen (secondary N) is 2. The van der Waals surface area contributed by atoms with Gasteiger partial charge >= 0.3 is 0 Å². The van der Waals surface area contributed by atoms with Crippen LogP contribution in [-0.2, 0) is 10.0 Å². The van der Waals surface area contributed by atoms with E-state index in [2.05, 4.69) is 15.0 Å². The number of hydrogen-bond donors (Lipinski definition) is 2. The highest BCUT2D eigenvalue weighted by Crippen LogP contribution is 2.28. The van der Waals surface area contributed by atoms with Crippen molar-refractivity contribution in [1.82, 2.24) is 9.71 Å². The van der Waals surface area contributed by atoms with E-state index in [0.717, 1.165) is 15.8 Å². The van der Waals surface area contributed by atoms with Crippen LogP contribution in [0.3, 0.4) is 0 Å². The van der Waals surface area contributed by atoms with Crippen LogP contribution in [0.5, 0.6) is 5.75 Å². The largest absolute Gasteiger partial charge is 0.495 e. The van der Waals surface area contributed by atoms with E-state index in [1.54, 1.807) is 13.8 Å². The van der Waals surface area contributed by atoms with Crippen molar-refractivity contribution in [1.29, 1.82) is 0 Å². The molecule has 0 saturated carbocycles. The Morgan fingerprint density at radius 3 is 2.61 bits per heavy atom. The molecule has 0 bridgehead atoms. The number of hydrogen-bond acceptors (Lipinski definition) is 6. The number of benzene rings is 2. The van der Waals surface area contributed by atoms with Gasteiger partial charge in [0.2, 0.25) is 10.0 Å². The van der Waals surface area contributed by atoms with Crippen molar-refractivity contribution in [2.24, 2.45) is 0 Å². The second-order valence-electron chi connectivity index (χ2n) is 6.59. The van der Waals surface area contributed by atoms with Crippen LogP contribution in [0.1, 0.15) is 29.8 Å². The molecule has 0 aliphatic carbocycles. The van der Waals surface area contributed by atoms with Gasteiger partial charge in [0, 0.05) is 11.6 Å². The lowest BCUT2D eigenvalue weighted by atomic mass is 10.2. The van der Waals surface area contributed by atoms with E-state index in [4.69, 9.17) is 4.74 Å². The predicted molar refractivity (Wildman–Crippen MR) is 111 cm³/mol. The number of sulfonamides is 1. The SMILES string of the molecule is COc1ccc(C(=O)Nc2nc3ccc(C)cc3s2)cc1S(=O)(=O)NC(C)C. The van der Waals surface area contributed by atoms with Gasteiger partial charge in [-0.15, -0.1) is 0 Å². The first-order valence-corrected chi connectivity index (χ1v) is 10.9. The molecule has 28 heavy (non-hydrogen) atoms. The predicted octanol–water partition coefficient (Wildman–Crippen LogP) is 3.55. The third-order valence-electron chi connectivity index (χ3n) is 3.87. The quantitative estimate of drug-likeness (QED) is 0.637. The fourth-order valence-electron chi connectivity index (χ4n) is 2.66. The zero-order valence-electron chi connectivity index (χ0n) is 15.9. The Balaban J connectivity index is 1.91. The lowest BCUT2D eigenvalue weighted by Gasteiger charge is -2.14. The third-order valence-corrected chi connectivity index (χ3v) is 6.48.